The SMILES string of the molecule is CN1CCN(CC(=O)N(C)c2ccc(N=C(c3ccccc3)c3c(O)[nH]c4ccc(C(=O)O)cc34)cc2)CC1. The second-order valence-corrected chi connectivity index (χ2v) is 9.79. The van der Waals surface area contributed by atoms with Gasteiger partial charge in [0.2, 0.25) is 5.91 Å². The number of nitrogens with zero attached hydrogens (tertiary/aromatic N) is 4. The number of carbonyl (C=O) groups excluding carboxylic acids is 1. The van der Waals surface area contributed by atoms with Gasteiger partial charge in [0.05, 0.1) is 29.1 Å². The van der Waals surface area contributed by atoms with Crippen LogP contribution in [0.5, 0.6) is 5.88 Å². The van der Waals surface area contributed by atoms with Crippen LogP contribution >= 0.6 is 0 Å². The number of aromatic nitrogens is 1. The summed E-state index contributed by atoms with van der Waals surface area (Å²) < 4.78 is 0. The Hall–Kier alpha value is -4.47. The molecular formula is C30H31N5O4. The number of piperazine rings is 1. The fourth-order valence-electron chi connectivity index (χ4n) is 4.74. The van der Waals surface area contributed by atoms with Gasteiger partial charge in [-0.3, -0.25) is 9.69 Å². The normalized spacial score (nSPS) is 15.0. The average molecular weight is 526 g/mol. The van der Waals surface area contributed by atoms with Crippen LogP contribution in [0.25, 0.3) is 10.9 Å². The number of carboxylic acids is 1. The highest BCUT2D eigenvalue weighted by Crippen LogP contribution is 2.32. The molecule has 1 amide bonds. The fourth-order valence-corrected chi connectivity index (χ4v) is 4.74. The van der Waals surface area contributed by atoms with Crippen molar-refractivity contribution in [1.29, 1.82) is 0 Å². The van der Waals surface area contributed by atoms with Crippen LogP contribution in [0.3, 0.4) is 0 Å². The van der Waals surface area contributed by atoms with Crippen LogP contribution in [0.4, 0.5) is 11.4 Å². The van der Waals surface area contributed by atoms with Crippen molar-refractivity contribution in [3.8, 4) is 5.88 Å². The molecule has 4 aromatic rings. The number of aromatic hydroxyl groups is 1. The molecule has 2 heterocycles. The lowest BCUT2D eigenvalue weighted by molar-refractivity contribution is -0.119. The smallest absolute Gasteiger partial charge is 0.335 e. The number of hydrogen-bond acceptors (Lipinski definition) is 6. The molecule has 3 N–H and O–H groups in total. The third-order valence-electron chi connectivity index (χ3n) is 7.12. The van der Waals surface area contributed by atoms with Crippen LogP contribution in [-0.2, 0) is 4.79 Å². The summed E-state index contributed by atoms with van der Waals surface area (Å²) in [4.78, 5) is 38.4. The maximum Gasteiger partial charge on any atom is 0.335 e. The topological polar surface area (TPSA) is 112 Å². The van der Waals surface area contributed by atoms with Gasteiger partial charge in [-0.2, -0.15) is 0 Å². The van der Waals surface area contributed by atoms with Gasteiger partial charge in [0, 0.05) is 55.4 Å². The lowest BCUT2D eigenvalue weighted by atomic mass is 9.99. The van der Waals surface area contributed by atoms with Crippen molar-refractivity contribution in [2.24, 2.45) is 4.99 Å². The third-order valence-corrected chi connectivity index (χ3v) is 7.12. The van der Waals surface area contributed by atoms with Crippen LogP contribution < -0.4 is 4.90 Å². The summed E-state index contributed by atoms with van der Waals surface area (Å²) in [5.74, 6) is -1.12. The standard InChI is InChI=1S/C30H31N5O4/c1-33-14-16-35(17-15-33)19-26(36)34(2)23-11-9-22(10-12-23)31-28(20-6-4-3-5-7-20)27-24-18-21(30(38)39)8-13-25(24)32-29(27)37/h3-13,18,32,37H,14-17,19H2,1-2H3,(H,38,39). The monoisotopic (exact) mass is 525 g/mol. The van der Waals surface area contributed by atoms with Crippen molar-refractivity contribution in [2.45, 2.75) is 0 Å². The van der Waals surface area contributed by atoms with Crippen LogP contribution in [0, 0.1) is 0 Å². The second kappa shape index (κ2) is 11.1. The number of fused-ring (bicyclic) bond motifs is 1. The number of carboxylic acid groups (broad SMARTS) is 1. The van der Waals surface area contributed by atoms with E-state index in [1.54, 1.807) is 18.0 Å². The summed E-state index contributed by atoms with van der Waals surface area (Å²) in [6, 6.07) is 21.4. The number of hydrogen-bond donors (Lipinski definition) is 3. The van der Waals surface area contributed by atoms with Crippen molar-refractivity contribution in [3.05, 3.63) is 89.5 Å². The van der Waals surface area contributed by atoms with Crippen LogP contribution in [0.2, 0.25) is 0 Å². The molecule has 39 heavy (non-hydrogen) atoms. The zero-order valence-electron chi connectivity index (χ0n) is 22.0. The molecule has 0 aliphatic carbocycles. The first-order chi connectivity index (χ1) is 18.8. The predicted molar refractivity (Wildman–Crippen MR) is 152 cm³/mol. The number of carbonyl (C=O) groups is 2. The Morgan fingerprint density at radius 1 is 0.949 bits per heavy atom. The molecule has 1 saturated heterocycles. The highest BCUT2D eigenvalue weighted by atomic mass is 16.4. The highest BCUT2D eigenvalue weighted by Gasteiger charge is 2.21. The molecule has 1 fully saturated rings. The summed E-state index contributed by atoms with van der Waals surface area (Å²) in [5.41, 5.74) is 3.78. The molecule has 0 radical (unpaired) electrons. The fraction of sp³-hybridized carbons (Fsp3) is 0.233. The number of aromatic carboxylic acids is 1. The lowest BCUT2D eigenvalue weighted by Crippen LogP contribution is -2.48. The number of amides is 1. The molecule has 9 nitrogen and oxygen atoms in total. The Morgan fingerprint density at radius 2 is 1.64 bits per heavy atom. The molecule has 1 aliphatic rings. The molecule has 1 aliphatic heterocycles. The molecule has 3 aromatic carbocycles. The Labute approximate surface area is 226 Å². The van der Waals surface area contributed by atoms with E-state index in [9.17, 15) is 19.8 Å². The molecule has 0 spiro atoms. The zero-order valence-corrected chi connectivity index (χ0v) is 22.0. The van der Waals surface area contributed by atoms with E-state index in [2.05, 4.69) is 21.8 Å². The van der Waals surface area contributed by atoms with Gasteiger partial charge in [0.1, 0.15) is 0 Å². The van der Waals surface area contributed by atoms with E-state index < -0.39 is 5.97 Å². The minimum absolute atomic E-state index is 0.0266. The predicted octanol–water partition coefficient (Wildman–Crippen LogP) is 3.95. The number of likely N-dealkylation sites (N-methyl/N-ethyl adjacent to an activating group) is 2. The number of H-pyrrole nitrogens is 1. The summed E-state index contributed by atoms with van der Waals surface area (Å²) in [7, 11) is 3.86. The molecule has 1 aromatic heterocycles. The number of anilines is 1. The maximum absolute atomic E-state index is 12.9. The molecule has 0 bridgehead atoms. The van der Waals surface area contributed by atoms with Gasteiger partial charge in [0.15, 0.2) is 5.88 Å². The minimum atomic E-state index is -1.05. The summed E-state index contributed by atoms with van der Waals surface area (Å²) >= 11 is 0. The Morgan fingerprint density at radius 3 is 2.31 bits per heavy atom. The minimum Gasteiger partial charge on any atom is -0.494 e. The van der Waals surface area contributed by atoms with Crippen molar-refractivity contribution in [3.63, 3.8) is 0 Å². The van der Waals surface area contributed by atoms with Gasteiger partial charge in [-0.05, 0) is 49.5 Å². The number of aromatic amines is 1. The van der Waals surface area contributed by atoms with E-state index in [1.165, 1.54) is 12.1 Å². The number of benzene rings is 3. The van der Waals surface area contributed by atoms with Crippen molar-refractivity contribution < 1.29 is 19.8 Å². The Kier molecular flexibility index (Phi) is 7.44. The number of rotatable bonds is 7. The van der Waals surface area contributed by atoms with Gasteiger partial charge in [-0.25, -0.2) is 9.79 Å². The molecule has 0 atom stereocenters. The van der Waals surface area contributed by atoms with Crippen molar-refractivity contribution in [1.82, 2.24) is 14.8 Å². The molecule has 5 rings (SSSR count). The maximum atomic E-state index is 12.9. The summed E-state index contributed by atoms with van der Waals surface area (Å²) in [6.45, 7) is 4.04. The van der Waals surface area contributed by atoms with E-state index in [4.69, 9.17) is 4.99 Å². The average Bonchev–Trinajstić information content (AvgIpc) is 3.28. The second-order valence-electron chi connectivity index (χ2n) is 9.79. The summed E-state index contributed by atoms with van der Waals surface area (Å²) in [5, 5.41) is 20.9. The van der Waals surface area contributed by atoms with Crippen LogP contribution in [0.1, 0.15) is 21.5 Å². The van der Waals surface area contributed by atoms with E-state index in [0.29, 0.717) is 34.4 Å². The first-order valence-electron chi connectivity index (χ1n) is 12.8. The van der Waals surface area contributed by atoms with Gasteiger partial charge in [-0.15, -0.1) is 0 Å². The van der Waals surface area contributed by atoms with Gasteiger partial charge < -0.3 is 25.0 Å². The first kappa shape index (κ1) is 26.1. The van der Waals surface area contributed by atoms with E-state index in [0.717, 1.165) is 37.4 Å². The van der Waals surface area contributed by atoms with Gasteiger partial charge >= 0.3 is 5.97 Å². The molecule has 9 heteroatoms. The van der Waals surface area contributed by atoms with Gasteiger partial charge in [-0.1, -0.05) is 30.3 Å². The van der Waals surface area contributed by atoms with E-state index in [1.807, 2.05) is 54.6 Å². The van der Waals surface area contributed by atoms with Gasteiger partial charge in [0.25, 0.3) is 0 Å². The van der Waals surface area contributed by atoms with Crippen LogP contribution in [-0.4, -0.2) is 89.4 Å². The molecule has 0 saturated carbocycles. The molecule has 200 valence electrons. The zero-order chi connectivity index (χ0) is 27.5. The largest absolute Gasteiger partial charge is 0.494 e. The number of nitrogens with one attached hydrogen (secondary N) is 1. The third kappa shape index (κ3) is 5.69. The quantitative estimate of drug-likeness (QED) is 0.315. The number of aliphatic imine (C=N–C) groups is 1. The van der Waals surface area contributed by atoms with E-state index >= 15 is 0 Å². The summed E-state index contributed by atoms with van der Waals surface area (Å²) in [6.07, 6.45) is 0. The van der Waals surface area contributed by atoms with E-state index in [-0.39, 0.29) is 17.4 Å². The van der Waals surface area contributed by atoms with Crippen LogP contribution in [0.15, 0.2) is 77.8 Å². The Bertz CT molecular complexity index is 1520. The van der Waals surface area contributed by atoms with Crippen molar-refractivity contribution >= 4 is 39.9 Å². The first-order valence-corrected chi connectivity index (χ1v) is 12.8. The Balaban J connectivity index is 1.46. The molecular weight excluding hydrogens is 494 g/mol. The van der Waals surface area contributed by atoms with Crippen molar-refractivity contribution in [2.75, 3.05) is 51.7 Å². The lowest BCUT2D eigenvalue weighted by Gasteiger charge is -2.32. The molecule has 0 unspecified atom stereocenters. The highest BCUT2D eigenvalue weighted by molar-refractivity contribution is 6.22.